The third-order valence-corrected chi connectivity index (χ3v) is 3.87. The highest BCUT2D eigenvalue weighted by atomic mass is 19.1. The first-order valence-corrected chi connectivity index (χ1v) is 8.02. The van der Waals surface area contributed by atoms with Crippen LogP contribution in [0.3, 0.4) is 0 Å². The molecule has 0 spiro atoms. The lowest BCUT2D eigenvalue weighted by Crippen LogP contribution is -2.34. The van der Waals surface area contributed by atoms with Crippen LogP contribution in [0.25, 0.3) is 10.8 Å². The molecule has 0 saturated heterocycles. The van der Waals surface area contributed by atoms with Crippen LogP contribution in [0.4, 0.5) is 14.9 Å². The van der Waals surface area contributed by atoms with Gasteiger partial charge in [0.2, 0.25) is 0 Å². The van der Waals surface area contributed by atoms with Gasteiger partial charge in [-0.05, 0) is 35.0 Å². The fourth-order valence-electron chi connectivity index (χ4n) is 2.44. The topological polar surface area (TPSA) is 41.6 Å². The van der Waals surface area contributed by atoms with E-state index in [0.717, 1.165) is 16.5 Å². The molecule has 3 aromatic rings. The average molecular weight is 338 g/mol. The second-order valence-electron chi connectivity index (χ2n) is 5.69. The zero-order chi connectivity index (χ0) is 17.6. The van der Waals surface area contributed by atoms with Crippen LogP contribution in [0.1, 0.15) is 0 Å². The molecule has 5 heteroatoms. The van der Waals surface area contributed by atoms with Gasteiger partial charge in [0, 0.05) is 12.7 Å². The van der Waals surface area contributed by atoms with E-state index in [4.69, 9.17) is 4.74 Å². The van der Waals surface area contributed by atoms with Gasteiger partial charge >= 0.3 is 6.03 Å². The molecule has 3 aromatic carbocycles. The molecule has 0 saturated carbocycles. The molecule has 1 N–H and O–H groups in total. The number of ether oxygens (including phenoxy) is 1. The molecule has 128 valence electrons. The van der Waals surface area contributed by atoms with Gasteiger partial charge in [-0.1, -0.05) is 42.5 Å². The minimum atomic E-state index is -0.411. The molecule has 2 amide bonds. The van der Waals surface area contributed by atoms with Crippen molar-refractivity contribution >= 4 is 22.5 Å². The first kappa shape index (κ1) is 16.8. The average Bonchev–Trinajstić information content (AvgIpc) is 2.63. The van der Waals surface area contributed by atoms with Gasteiger partial charge in [0.25, 0.3) is 0 Å². The normalized spacial score (nSPS) is 10.5. The summed E-state index contributed by atoms with van der Waals surface area (Å²) in [4.78, 5) is 13.7. The first-order chi connectivity index (χ1) is 12.1. The van der Waals surface area contributed by atoms with Crippen molar-refractivity contribution < 1.29 is 13.9 Å². The maximum Gasteiger partial charge on any atom is 0.321 e. The number of carbonyl (C=O) groups excluding carboxylic acids is 1. The van der Waals surface area contributed by atoms with Crippen LogP contribution in [0.2, 0.25) is 0 Å². The number of carbonyl (C=O) groups is 1. The minimum absolute atomic E-state index is 0.186. The Morgan fingerprint density at radius 3 is 2.56 bits per heavy atom. The molecular weight excluding hydrogens is 319 g/mol. The Balaban J connectivity index is 1.54. The molecule has 0 fully saturated rings. The first-order valence-electron chi connectivity index (χ1n) is 8.02. The number of benzene rings is 3. The van der Waals surface area contributed by atoms with Gasteiger partial charge in [-0.25, -0.2) is 9.18 Å². The number of urea groups is 1. The van der Waals surface area contributed by atoms with Gasteiger partial charge in [0.05, 0.1) is 6.54 Å². The smallest absolute Gasteiger partial charge is 0.321 e. The van der Waals surface area contributed by atoms with Crippen molar-refractivity contribution in [3.63, 3.8) is 0 Å². The Kier molecular flexibility index (Phi) is 5.14. The highest BCUT2D eigenvalue weighted by Crippen LogP contribution is 2.19. The second-order valence-corrected chi connectivity index (χ2v) is 5.69. The largest absolute Gasteiger partial charge is 0.489 e. The van der Waals surface area contributed by atoms with E-state index in [0.29, 0.717) is 6.54 Å². The third-order valence-electron chi connectivity index (χ3n) is 3.87. The Morgan fingerprint density at radius 2 is 1.76 bits per heavy atom. The molecule has 25 heavy (non-hydrogen) atoms. The van der Waals surface area contributed by atoms with E-state index in [9.17, 15) is 9.18 Å². The predicted molar refractivity (Wildman–Crippen MR) is 97.5 cm³/mol. The number of fused-ring (bicyclic) bond motifs is 1. The molecule has 0 heterocycles. The molecule has 4 nitrogen and oxygen atoms in total. The van der Waals surface area contributed by atoms with E-state index in [1.54, 1.807) is 25.2 Å². The van der Waals surface area contributed by atoms with Gasteiger partial charge < -0.3 is 15.0 Å². The summed E-state index contributed by atoms with van der Waals surface area (Å²) < 4.78 is 18.8. The van der Waals surface area contributed by atoms with Crippen LogP contribution >= 0.6 is 0 Å². The predicted octanol–water partition coefficient (Wildman–Crippen LogP) is 4.52. The van der Waals surface area contributed by atoms with E-state index in [1.807, 2.05) is 42.5 Å². The minimum Gasteiger partial charge on any atom is -0.489 e. The number of anilines is 1. The zero-order valence-electron chi connectivity index (χ0n) is 13.9. The van der Waals surface area contributed by atoms with Crippen LogP contribution in [0.5, 0.6) is 5.75 Å². The van der Waals surface area contributed by atoms with Gasteiger partial charge in [0.1, 0.15) is 6.61 Å². The van der Waals surface area contributed by atoms with Gasteiger partial charge in [-0.2, -0.15) is 0 Å². The maximum absolute atomic E-state index is 13.5. The molecule has 0 aliphatic carbocycles. The van der Waals surface area contributed by atoms with Crippen LogP contribution in [0, 0.1) is 5.82 Å². The number of nitrogens with zero attached hydrogens (tertiary/aromatic N) is 1. The summed E-state index contributed by atoms with van der Waals surface area (Å²) >= 11 is 0. The Hall–Kier alpha value is -3.08. The van der Waals surface area contributed by atoms with Crippen molar-refractivity contribution in [2.45, 2.75) is 0 Å². The van der Waals surface area contributed by atoms with Gasteiger partial charge in [-0.3, -0.25) is 0 Å². The summed E-state index contributed by atoms with van der Waals surface area (Å²) in [6.07, 6.45) is 0. The Bertz CT molecular complexity index is 882. The van der Waals surface area contributed by atoms with Crippen LogP contribution in [0.15, 0.2) is 66.7 Å². The highest BCUT2D eigenvalue weighted by Gasteiger charge is 2.10. The molecule has 0 atom stereocenters. The Labute approximate surface area is 145 Å². The summed E-state index contributed by atoms with van der Waals surface area (Å²) in [6, 6.07) is 19.7. The monoisotopic (exact) mass is 338 g/mol. The van der Waals surface area contributed by atoms with Crippen molar-refractivity contribution in [1.82, 2.24) is 4.90 Å². The molecule has 0 bridgehead atoms. The molecule has 0 radical (unpaired) electrons. The van der Waals surface area contributed by atoms with Crippen LogP contribution in [-0.2, 0) is 0 Å². The lowest BCUT2D eigenvalue weighted by atomic mass is 10.1. The molecule has 0 unspecified atom stereocenters. The lowest BCUT2D eigenvalue weighted by molar-refractivity contribution is 0.206. The van der Waals surface area contributed by atoms with Crippen molar-refractivity contribution in [1.29, 1.82) is 0 Å². The molecular formula is C20H19FN2O2. The molecule has 0 aliphatic heterocycles. The number of likely N-dealkylation sites (N-methyl/N-ethyl adjacent to an activating group) is 1. The van der Waals surface area contributed by atoms with Crippen molar-refractivity contribution in [3.05, 3.63) is 72.5 Å². The van der Waals surface area contributed by atoms with E-state index in [1.165, 1.54) is 11.0 Å². The van der Waals surface area contributed by atoms with E-state index in [2.05, 4.69) is 5.32 Å². The number of para-hydroxylation sites is 1. The van der Waals surface area contributed by atoms with Crippen LogP contribution < -0.4 is 10.1 Å². The number of amides is 2. The summed E-state index contributed by atoms with van der Waals surface area (Å²) in [7, 11) is 1.67. The summed E-state index contributed by atoms with van der Waals surface area (Å²) in [6.45, 7) is 0.552. The molecule has 3 rings (SSSR count). The number of nitrogens with one attached hydrogen (secondary N) is 1. The SMILES string of the molecule is CN(CCOc1ccccc1F)C(=O)Nc1ccc2ccccc2c1. The molecule has 0 aromatic heterocycles. The quantitative estimate of drug-likeness (QED) is 0.743. The second kappa shape index (κ2) is 7.66. The van der Waals surface area contributed by atoms with E-state index < -0.39 is 5.82 Å². The standard InChI is InChI=1S/C20H19FN2O2/c1-23(12-13-25-19-9-5-4-8-18(19)21)20(24)22-17-11-10-15-6-2-3-7-16(15)14-17/h2-11,14H,12-13H2,1H3,(H,22,24). The lowest BCUT2D eigenvalue weighted by Gasteiger charge is -2.18. The highest BCUT2D eigenvalue weighted by molar-refractivity contribution is 5.93. The zero-order valence-corrected chi connectivity index (χ0v) is 13.9. The summed E-state index contributed by atoms with van der Waals surface area (Å²) in [5.41, 5.74) is 0.727. The summed E-state index contributed by atoms with van der Waals surface area (Å²) in [5.74, 6) is -0.225. The third kappa shape index (κ3) is 4.26. The molecule has 0 aliphatic rings. The van der Waals surface area contributed by atoms with E-state index in [-0.39, 0.29) is 18.4 Å². The van der Waals surface area contributed by atoms with Crippen molar-refractivity contribution in [3.8, 4) is 5.75 Å². The number of rotatable bonds is 5. The van der Waals surface area contributed by atoms with Crippen molar-refractivity contribution in [2.24, 2.45) is 0 Å². The fourth-order valence-corrected chi connectivity index (χ4v) is 2.44. The number of hydrogen-bond donors (Lipinski definition) is 1. The maximum atomic E-state index is 13.5. The number of halogens is 1. The fraction of sp³-hybridized carbons (Fsp3) is 0.150. The number of hydrogen-bond acceptors (Lipinski definition) is 2. The van der Waals surface area contributed by atoms with Gasteiger partial charge in [0.15, 0.2) is 11.6 Å². The van der Waals surface area contributed by atoms with E-state index >= 15 is 0 Å². The van der Waals surface area contributed by atoms with Crippen molar-refractivity contribution in [2.75, 3.05) is 25.5 Å². The Morgan fingerprint density at radius 1 is 1.04 bits per heavy atom. The summed E-state index contributed by atoms with van der Waals surface area (Å²) in [5, 5.41) is 5.03. The van der Waals surface area contributed by atoms with Gasteiger partial charge in [-0.15, -0.1) is 0 Å². The van der Waals surface area contributed by atoms with Crippen LogP contribution in [-0.4, -0.2) is 31.1 Å².